The van der Waals surface area contributed by atoms with Crippen molar-refractivity contribution in [3.8, 4) is 0 Å². The monoisotopic (exact) mass is 325 g/mol. The van der Waals surface area contributed by atoms with Gasteiger partial charge in [0.05, 0.1) is 5.56 Å². The van der Waals surface area contributed by atoms with Gasteiger partial charge in [-0.05, 0) is 26.0 Å². The Kier molecular flexibility index (Phi) is 5.35. The lowest BCUT2D eigenvalue weighted by atomic mass is 10.1. The van der Waals surface area contributed by atoms with E-state index in [9.17, 15) is 26.4 Å². The van der Waals surface area contributed by atoms with Crippen molar-refractivity contribution in [2.45, 2.75) is 25.5 Å². The SMILES string of the molecule is Cc1ccc(C(=O)OC(C)CNS(=O)(=O)C(F)(F)F)cc1. The molecule has 1 atom stereocenters. The number of halogens is 3. The second-order valence-electron chi connectivity index (χ2n) is 4.38. The van der Waals surface area contributed by atoms with Crippen LogP contribution in [-0.2, 0) is 14.8 Å². The molecule has 118 valence electrons. The molecular weight excluding hydrogens is 311 g/mol. The number of nitrogens with one attached hydrogen (secondary N) is 1. The summed E-state index contributed by atoms with van der Waals surface area (Å²) < 4.78 is 64.0. The van der Waals surface area contributed by atoms with Crippen molar-refractivity contribution in [2.24, 2.45) is 0 Å². The Labute approximate surface area is 120 Å². The number of esters is 1. The van der Waals surface area contributed by atoms with Crippen LogP contribution in [-0.4, -0.2) is 32.5 Å². The molecule has 0 saturated heterocycles. The summed E-state index contributed by atoms with van der Waals surface area (Å²) in [5.41, 5.74) is -4.24. The summed E-state index contributed by atoms with van der Waals surface area (Å²) >= 11 is 0. The first kappa shape index (κ1) is 17.4. The lowest BCUT2D eigenvalue weighted by Crippen LogP contribution is -2.40. The van der Waals surface area contributed by atoms with Crippen molar-refractivity contribution < 1.29 is 31.1 Å². The van der Waals surface area contributed by atoms with E-state index in [-0.39, 0.29) is 5.56 Å². The van der Waals surface area contributed by atoms with Crippen LogP contribution in [0.2, 0.25) is 0 Å². The molecule has 1 aromatic carbocycles. The highest BCUT2D eigenvalue weighted by molar-refractivity contribution is 7.90. The van der Waals surface area contributed by atoms with Crippen molar-refractivity contribution in [1.29, 1.82) is 0 Å². The molecule has 1 unspecified atom stereocenters. The highest BCUT2D eigenvalue weighted by Crippen LogP contribution is 2.21. The van der Waals surface area contributed by atoms with Gasteiger partial charge in [-0.3, -0.25) is 0 Å². The van der Waals surface area contributed by atoms with E-state index < -0.39 is 34.1 Å². The minimum atomic E-state index is -5.44. The van der Waals surface area contributed by atoms with Crippen LogP contribution in [0.25, 0.3) is 0 Å². The van der Waals surface area contributed by atoms with Gasteiger partial charge in [0.15, 0.2) is 0 Å². The van der Waals surface area contributed by atoms with Gasteiger partial charge in [0.25, 0.3) is 0 Å². The molecule has 1 N–H and O–H groups in total. The molecule has 0 amide bonds. The predicted octanol–water partition coefficient (Wildman–Crippen LogP) is 1.98. The summed E-state index contributed by atoms with van der Waals surface area (Å²) in [6, 6.07) is 6.36. The van der Waals surface area contributed by atoms with E-state index in [1.54, 1.807) is 12.1 Å². The number of rotatable bonds is 5. The van der Waals surface area contributed by atoms with Gasteiger partial charge >= 0.3 is 21.5 Å². The van der Waals surface area contributed by atoms with Crippen LogP contribution in [0.1, 0.15) is 22.8 Å². The smallest absolute Gasteiger partial charge is 0.458 e. The first-order chi connectivity index (χ1) is 9.53. The zero-order chi connectivity index (χ0) is 16.3. The maximum absolute atomic E-state index is 12.1. The fraction of sp³-hybridized carbons (Fsp3) is 0.417. The third-order valence-electron chi connectivity index (χ3n) is 2.46. The van der Waals surface area contributed by atoms with Crippen molar-refractivity contribution >= 4 is 16.0 Å². The summed E-state index contributed by atoms with van der Waals surface area (Å²) in [5.74, 6) is -0.742. The molecule has 21 heavy (non-hydrogen) atoms. The molecule has 0 spiro atoms. The third kappa shape index (κ3) is 5.01. The number of alkyl halides is 3. The topological polar surface area (TPSA) is 72.5 Å². The summed E-state index contributed by atoms with van der Waals surface area (Å²) in [5, 5.41) is 0. The van der Waals surface area contributed by atoms with E-state index >= 15 is 0 Å². The molecule has 9 heteroatoms. The van der Waals surface area contributed by atoms with Gasteiger partial charge in [0.1, 0.15) is 6.10 Å². The van der Waals surface area contributed by atoms with Gasteiger partial charge in [0.2, 0.25) is 0 Å². The predicted molar refractivity (Wildman–Crippen MR) is 69.0 cm³/mol. The Morgan fingerprint density at radius 1 is 1.29 bits per heavy atom. The standard InChI is InChI=1S/C12H14F3NO4S/c1-8-3-5-10(6-4-8)11(17)20-9(2)7-16-21(18,19)12(13,14)15/h3-6,9,16H,7H2,1-2H3. The van der Waals surface area contributed by atoms with Gasteiger partial charge in [-0.1, -0.05) is 17.7 Å². The van der Waals surface area contributed by atoms with E-state index in [1.165, 1.54) is 23.8 Å². The van der Waals surface area contributed by atoms with Crippen LogP contribution < -0.4 is 4.72 Å². The zero-order valence-electron chi connectivity index (χ0n) is 11.3. The van der Waals surface area contributed by atoms with E-state index in [1.807, 2.05) is 6.92 Å². The number of carbonyl (C=O) groups excluding carboxylic acids is 1. The maximum atomic E-state index is 12.1. The second kappa shape index (κ2) is 6.44. The Bertz CT molecular complexity index is 596. The average molecular weight is 325 g/mol. The molecular formula is C12H14F3NO4S. The van der Waals surface area contributed by atoms with Crippen molar-refractivity contribution in [3.05, 3.63) is 35.4 Å². The third-order valence-corrected chi connectivity index (χ3v) is 3.62. The van der Waals surface area contributed by atoms with Crippen LogP contribution in [0.5, 0.6) is 0 Å². The first-order valence-electron chi connectivity index (χ1n) is 5.86. The quantitative estimate of drug-likeness (QED) is 0.840. The summed E-state index contributed by atoms with van der Waals surface area (Å²) in [7, 11) is -5.44. The van der Waals surface area contributed by atoms with Crippen molar-refractivity contribution in [1.82, 2.24) is 4.72 Å². The molecule has 0 aliphatic heterocycles. The fourth-order valence-electron chi connectivity index (χ4n) is 1.29. The molecule has 5 nitrogen and oxygen atoms in total. The van der Waals surface area contributed by atoms with E-state index in [2.05, 4.69) is 0 Å². The van der Waals surface area contributed by atoms with Gasteiger partial charge in [-0.25, -0.2) is 17.9 Å². The number of benzene rings is 1. The van der Waals surface area contributed by atoms with E-state index in [0.29, 0.717) is 0 Å². The normalized spacial score (nSPS) is 13.8. The van der Waals surface area contributed by atoms with E-state index in [0.717, 1.165) is 5.56 Å². The van der Waals surface area contributed by atoms with Gasteiger partial charge < -0.3 is 4.74 Å². The molecule has 0 aromatic heterocycles. The summed E-state index contributed by atoms with van der Waals surface area (Å²) in [4.78, 5) is 11.7. The zero-order valence-corrected chi connectivity index (χ0v) is 12.1. The number of hydrogen-bond acceptors (Lipinski definition) is 4. The molecule has 0 aliphatic rings. The Morgan fingerprint density at radius 3 is 2.29 bits per heavy atom. The van der Waals surface area contributed by atoms with Crippen LogP contribution in [0.3, 0.4) is 0 Å². The Balaban J connectivity index is 2.56. The number of hydrogen-bond donors (Lipinski definition) is 1. The molecule has 0 fully saturated rings. The van der Waals surface area contributed by atoms with Gasteiger partial charge in [-0.15, -0.1) is 0 Å². The Morgan fingerprint density at radius 2 is 1.81 bits per heavy atom. The van der Waals surface area contributed by atoms with Crippen LogP contribution in [0.15, 0.2) is 24.3 Å². The van der Waals surface area contributed by atoms with Gasteiger partial charge in [-0.2, -0.15) is 13.2 Å². The van der Waals surface area contributed by atoms with Crippen LogP contribution >= 0.6 is 0 Å². The number of carbonyl (C=O) groups is 1. The highest BCUT2D eigenvalue weighted by atomic mass is 32.2. The number of aryl methyl sites for hydroxylation is 1. The molecule has 1 aromatic rings. The maximum Gasteiger partial charge on any atom is 0.511 e. The largest absolute Gasteiger partial charge is 0.511 e. The molecule has 0 heterocycles. The lowest BCUT2D eigenvalue weighted by molar-refractivity contribution is -0.0450. The minimum Gasteiger partial charge on any atom is -0.458 e. The molecule has 0 saturated carbocycles. The molecule has 0 radical (unpaired) electrons. The molecule has 0 bridgehead atoms. The van der Waals surface area contributed by atoms with Crippen LogP contribution in [0, 0.1) is 6.92 Å². The summed E-state index contributed by atoms with van der Waals surface area (Å²) in [6.07, 6.45) is -1.05. The van der Waals surface area contributed by atoms with Crippen molar-refractivity contribution in [3.63, 3.8) is 0 Å². The highest BCUT2D eigenvalue weighted by Gasteiger charge is 2.45. The van der Waals surface area contributed by atoms with Crippen LogP contribution in [0.4, 0.5) is 13.2 Å². The van der Waals surface area contributed by atoms with E-state index in [4.69, 9.17) is 4.74 Å². The Hall–Kier alpha value is -1.61. The number of ether oxygens (including phenoxy) is 1. The lowest BCUT2D eigenvalue weighted by Gasteiger charge is -2.15. The van der Waals surface area contributed by atoms with Crippen molar-refractivity contribution in [2.75, 3.05) is 6.54 Å². The first-order valence-corrected chi connectivity index (χ1v) is 7.35. The molecule has 1 rings (SSSR count). The second-order valence-corrected chi connectivity index (χ2v) is 6.14. The van der Waals surface area contributed by atoms with Gasteiger partial charge in [0, 0.05) is 6.54 Å². The number of sulfonamides is 1. The fourth-order valence-corrected chi connectivity index (χ4v) is 1.91. The average Bonchev–Trinajstić information content (AvgIpc) is 2.36. The molecule has 0 aliphatic carbocycles. The minimum absolute atomic E-state index is 0.228. The summed E-state index contributed by atoms with van der Waals surface area (Å²) in [6.45, 7) is 2.44.